The molecule has 0 saturated carbocycles. The van der Waals surface area contributed by atoms with Crippen molar-refractivity contribution in [2.24, 2.45) is 0 Å². The van der Waals surface area contributed by atoms with E-state index in [1.165, 1.54) is 0 Å². The minimum Gasteiger partial charge on any atom is -0.382 e. The van der Waals surface area contributed by atoms with Crippen LogP contribution in [0.1, 0.15) is 114 Å². The minimum absolute atomic E-state index is 0.0181. The average Bonchev–Trinajstić information content (AvgIpc) is 3.06. The molecule has 0 heterocycles. The van der Waals surface area contributed by atoms with Crippen molar-refractivity contribution in [1.29, 1.82) is 0 Å². The maximum Gasteiger partial charge on any atom is 0.411 e. The molecule has 7 nitrogen and oxygen atoms in total. The Balaban J connectivity index is 2.08. The molecule has 0 aliphatic rings. The monoisotopic (exact) mass is 868 g/mol. The van der Waals surface area contributed by atoms with Gasteiger partial charge in [0.15, 0.2) is 0 Å². The molecular weight excluding hydrogens is 824 g/mol. The fraction of sp³-hybridized carbons (Fsp3) is 0.657. The maximum absolute atomic E-state index is 15.1. The van der Waals surface area contributed by atoms with Crippen LogP contribution in [0.3, 0.4) is 0 Å². The first kappa shape index (κ1) is 49.2. The molecule has 0 aliphatic carbocycles. The highest BCUT2D eigenvalue weighted by atomic mass is 32.2. The molecule has 0 aliphatic heterocycles. The first-order chi connectivity index (χ1) is 25.8. The number of alkyl halides is 11. The van der Waals surface area contributed by atoms with E-state index in [0.29, 0.717) is 113 Å². The van der Waals surface area contributed by atoms with Crippen LogP contribution in [-0.4, -0.2) is 53.0 Å². The minimum atomic E-state index is -6.00. The average molecular weight is 869 g/mol. The van der Waals surface area contributed by atoms with E-state index in [1.54, 1.807) is 0 Å². The van der Waals surface area contributed by atoms with Crippen LogP contribution in [-0.2, 0) is 30.6 Å². The molecule has 0 aromatic heterocycles. The molecule has 0 unspecified atom stereocenters. The number of halogens is 12. The van der Waals surface area contributed by atoms with E-state index in [1.807, 2.05) is 0 Å². The molecule has 21 heteroatoms. The third kappa shape index (κ3) is 16.5. The van der Waals surface area contributed by atoms with Gasteiger partial charge in [0.2, 0.25) is 5.41 Å². The van der Waals surface area contributed by atoms with Gasteiger partial charge in [-0.1, -0.05) is 88.5 Å². The van der Waals surface area contributed by atoms with Crippen LogP contribution in [0.25, 0.3) is 0 Å². The lowest BCUT2D eigenvalue weighted by Gasteiger charge is -2.39. The maximum atomic E-state index is 15.1. The summed E-state index contributed by atoms with van der Waals surface area (Å²) in [6.45, 7) is 0. The molecule has 0 bridgehead atoms. The van der Waals surface area contributed by atoms with Crippen LogP contribution in [0.5, 0.6) is 11.5 Å². The molecule has 0 N–H and O–H groups in total. The third-order valence-corrected chi connectivity index (χ3v) is 11.2. The highest BCUT2D eigenvalue weighted by Gasteiger charge is 2.73. The predicted molar refractivity (Wildman–Crippen MR) is 182 cm³/mol. The molecule has 2 aromatic rings. The van der Waals surface area contributed by atoms with Crippen molar-refractivity contribution in [3.63, 3.8) is 0 Å². The van der Waals surface area contributed by atoms with E-state index in [9.17, 15) is 60.9 Å². The van der Waals surface area contributed by atoms with Gasteiger partial charge >= 0.3 is 44.9 Å². The Bertz CT molecular complexity index is 1550. The summed E-state index contributed by atoms with van der Waals surface area (Å²) in [4.78, 5) is 2.57. The Hall–Kier alpha value is -2.94. The second kappa shape index (κ2) is 21.2. The fourth-order valence-corrected chi connectivity index (χ4v) is 8.02. The van der Waals surface area contributed by atoms with Crippen molar-refractivity contribution < 1.29 is 83.0 Å². The molecular formula is C35H44F12O7S2. The van der Waals surface area contributed by atoms with E-state index in [4.69, 9.17) is 8.37 Å². The highest BCUT2D eigenvalue weighted by molar-refractivity contribution is 7.87. The van der Waals surface area contributed by atoms with Gasteiger partial charge in [-0.3, -0.25) is 0 Å². The van der Waals surface area contributed by atoms with E-state index < -0.39 is 97.3 Å². The Labute approximate surface area is 318 Å². The highest BCUT2D eigenvalue weighted by Crippen LogP contribution is 2.56. The SMILES string of the molecule is O=S(=O)(CCCCCCCCCC(F)(F)F)Oc1ccc(C(c2ccc(OS(=O)(=O)CCCCCCCCCC(F)(F)F)cc2)(C(F)(F)F)C(F)(F)OF)cc1. The van der Waals surface area contributed by atoms with Crippen molar-refractivity contribution in [2.45, 2.75) is 133 Å². The molecule has 0 amide bonds. The van der Waals surface area contributed by atoms with E-state index in [2.05, 4.69) is 4.94 Å². The number of unbranched alkanes of at least 4 members (excludes halogenated alkanes) is 12. The number of benzene rings is 2. The van der Waals surface area contributed by atoms with Gasteiger partial charge in [-0.25, -0.2) is 0 Å². The smallest absolute Gasteiger partial charge is 0.382 e. The molecule has 0 radical (unpaired) electrons. The molecule has 0 fully saturated rings. The summed E-state index contributed by atoms with van der Waals surface area (Å²) in [6.07, 6.45) is -17.1. The van der Waals surface area contributed by atoms with Crippen LogP contribution in [0.2, 0.25) is 0 Å². The molecule has 322 valence electrons. The van der Waals surface area contributed by atoms with E-state index in [0.717, 1.165) is 0 Å². The van der Waals surface area contributed by atoms with Gasteiger partial charge in [-0.05, 0) is 65.6 Å². The standard InChI is InChI=1S/C35H44F12O7S2/c36-31(37,38)23-11-7-3-1-5-9-13-25-55(48,49)52-29-19-15-27(16-20-29)33(34(42,43)44,35(45,46)54-47)28-17-21-30(22-18-28)53-56(50,51)26-14-10-6-2-4-8-12-24-32(39,40)41/h15-22H,1-14,23-26H2. The van der Waals surface area contributed by atoms with E-state index >= 15 is 8.78 Å². The fourth-order valence-electron chi connectivity index (χ4n) is 5.93. The second-order valence-electron chi connectivity index (χ2n) is 13.3. The number of hydrogen-bond donors (Lipinski definition) is 0. The van der Waals surface area contributed by atoms with Gasteiger partial charge in [0, 0.05) is 12.8 Å². The van der Waals surface area contributed by atoms with Crippen LogP contribution in [0.4, 0.5) is 52.8 Å². The van der Waals surface area contributed by atoms with Crippen molar-refractivity contribution in [3.8, 4) is 11.5 Å². The number of hydrogen-bond acceptors (Lipinski definition) is 7. The predicted octanol–water partition coefficient (Wildman–Crippen LogP) is 11.8. The van der Waals surface area contributed by atoms with Crippen LogP contribution >= 0.6 is 0 Å². The van der Waals surface area contributed by atoms with Crippen LogP contribution in [0, 0.1) is 0 Å². The van der Waals surface area contributed by atoms with Crippen molar-refractivity contribution in [2.75, 3.05) is 11.5 Å². The molecule has 2 aromatic carbocycles. The zero-order chi connectivity index (χ0) is 42.3. The Morgan fingerprint density at radius 2 is 0.714 bits per heavy atom. The van der Waals surface area contributed by atoms with Crippen molar-refractivity contribution in [3.05, 3.63) is 59.7 Å². The molecule has 56 heavy (non-hydrogen) atoms. The summed E-state index contributed by atoms with van der Waals surface area (Å²) in [5.41, 5.74) is -7.19. The summed E-state index contributed by atoms with van der Waals surface area (Å²) in [6, 6.07) is 4.29. The van der Waals surface area contributed by atoms with Gasteiger partial charge < -0.3 is 8.37 Å². The van der Waals surface area contributed by atoms with Gasteiger partial charge in [0.1, 0.15) is 11.5 Å². The summed E-state index contributed by atoms with van der Waals surface area (Å²) in [7, 11) is -8.65. The van der Waals surface area contributed by atoms with Gasteiger partial charge in [-0.2, -0.15) is 65.1 Å². The zero-order valence-electron chi connectivity index (χ0n) is 30.1. The number of rotatable bonds is 26. The van der Waals surface area contributed by atoms with Crippen LogP contribution in [0.15, 0.2) is 48.5 Å². The first-order valence-corrected chi connectivity index (χ1v) is 20.9. The lowest BCUT2D eigenvalue weighted by Crippen LogP contribution is -2.57. The normalized spacial score (nSPS) is 13.6. The third-order valence-electron chi connectivity index (χ3n) is 8.69. The Kier molecular flexibility index (Phi) is 18.6. The quantitative estimate of drug-likeness (QED) is 0.0528. The van der Waals surface area contributed by atoms with Crippen LogP contribution < -0.4 is 8.37 Å². The van der Waals surface area contributed by atoms with E-state index in [-0.39, 0.29) is 25.7 Å². The first-order valence-electron chi connectivity index (χ1n) is 17.8. The van der Waals surface area contributed by atoms with Gasteiger partial charge in [0.25, 0.3) is 0 Å². The summed E-state index contributed by atoms with van der Waals surface area (Å²) in [5, 5.41) is 0. The lowest BCUT2D eigenvalue weighted by atomic mass is 9.72. The largest absolute Gasteiger partial charge is 0.411 e. The zero-order valence-corrected chi connectivity index (χ0v) is 31.7. The van der Waals surface area contributed by atoms with Gasteiger partial charge in [-0.15, -0.1) is 4.94 Å². The lowest BCUT2D eigenvalue weighted by molar-refractivity contribution is -0.411. The molecule has 0 spiro atoms. The van der Waals surface area contributed by atoms with Gasteiger partial charge in [0.05, 0.1) is 11.5 Å². The molecule has 2 rings (SSSR count). The Morgan fingerprint density at radius 1 is 0.429 bits per heavy atom. The summed E-state index contributed by atoms with van der Waals surface area (Å²) < 4.78 is 221. The summed E-state index contributed by atoms with van der Waals surface area (Å²) >= 11 is 0. The van der Waals surface area contributed by atoms with Crippen molar-refractivity contribution in [1.82, 2.24) is 0 Å². The summed E-state index contributed by atoms with van der Waals surface area (Å²) in [5.74, 6) is -2.20. The molecule has 0 saturated heterocycles. The second-order valence-corrected chi connectivity index (χ2v) is 16.6. The Morgan fingerprint density at radius 3 is 0.982 bits per heavy atom. The molecule has 0 atom stereocenters. The topological polar surface area (TPSA) is 96.0 Å². The van der Waals surface area contributed by atoms with Crippen molar-refractivity contribution >= 4 is 20.2 Å².